The smallest absolute Gasteiger partial charge is 0.0959 e. The topological polar surface area (TPSA) is 33.1 Å². The van der Waals surface area contributed by atoms with Crippen molar-refractivity contribution in [2.24, 2.45) is 0 Å². The van der Waals surface area contributed by atoms with E-state index in [1.54, 1.807) is 0 Å². The highest BCUT2D eigenvalue weighted by Gasteiger charge is 2.07. The molecule has 0 aromatic carbocycles. The Morgan fingerprint density at radius 1 is 1.00 bits per heavy atom. The third-order valence-electron chi connectivity index (χ3n) is 3.61. The maximum atomic E-state index is 10.0. The molecular formula is C17H29NO. The first-order valence-electron chi connectivity index (χ1n) is 7.84. The van der Waals surface area contributed by atoms with Crippen LogP contribution in [-0.4, -0.2) is 10.1 Å². The van der Waals surface area contributed by atoms with Crippen molar-refractivity contribution in [3.05, 3.63) is 29.6 Å². The summed E-state index contributed by atoms with van der Waals surface area (Å²) in [5, 5.41) is 10.0. The molecule has 108 valence electrons. The predicted molar refractivity (Wildman–Crippen MR) is 81.2 cm³/mol. The molecule has 0 amide bonds. The summed E-state index contributed by atoms with van der Waals surface area (Å²) < 4.78 is 0. The van der Waals surface area contributed by atoms with Crippen LogP contribution >= 0.6 is 0 Å². The number of aliphatic hydroxyl groups is 1. The zero-order valence-corrected chi connectivity index (χ0v) is 12.6. The van der Waals surface area contributed by atoms with Crippen molar-refractivity contribution in [3.8, 4) is 0 Å². The van der Waals surface area contributed by atoms with Gasteiger partial charge in [0.1, 0.15) is 0 Å². The summed E-state index contributed by atoms with van der Waals surface area (Å²) in [6.07, 6.45) is 12.7. The molecule has 1 aromatic rings. The van der Waals surface area contributed by atoms with Gasteiger partial charge in [0.15, 0.2) is 0 Å². The molecule has 1 N–H and O–H groups in total. The van der Waals surface area contributed by atoms with Crippen molar-refractivity contribution >= 4 is 0 Å². The zero-order chi connectivity index (χ0) is 13.9. The number of nitrogens with zero attached hydrogens (tertiary/aromatic N) is 1. The molecule has 1 rings (SSSR count). The van der Waals surface area contributed by atoms with E-state index in [0.717, 1.165) is 24.1 Å². The van der Waals surface area contributed by atoms with Crippen LogP contribution in [0.4, 0.5) is 0 Å². The number of aromatic nitrogens is 1. The van der Waals surface area contributed by atoms with Gasteiger partial charge in [-0.1, -0.05) is 64.4 Å². The van der Waals surface area contributed by atoms with Crippen LogP contribution in [-0.2, 0) is 0 Å². The average molecular weight is 263 g/mol. The lowest BCUT2D eigenvalue weighted by molar-refractivity contribution is 0.158. The highest BCUT2D eigenvalue weighted by molar-refractivity contribution is 5.13. The number of hydrogen-bond acceptors (Lipinski definition) is 2. The summed E-state index contributed by atoms with van der Waals surface area (Å²) in [6, 6.07) is 3.95. The maximum Gasteiger partial charge on any atom is 0.0959 e. The Labute approximate surface area is 118 Å². The van der Waals surface area contributed by atoms with Crippen molar-refractivity contribution in [1.29, 1.82) is 0 Å². The van der Waals surface area contributed by atoms with Crippen molar-refractivity contribution in [3.63, 3.8) is 0 Å². The Balaban J connectivity index is 2.04. The number of unbranched alkanes of at least 4 members (excludes halogenated alkanes) is 7. The van der Waals surface area contributed by atoms with Crippen molar-refractivity contribution in [2.75, 3.05) is 0 Å². The summed E-state index contributed by atoms with van der Waals surface area (Å²) in [5.41, 5.74) is 1.96. The predicted octanol–water partition coefficient (Wildman–Crippen LogP) is 4.95. The molecule has 1 atom stereocenters. The van der Waals surface area contributed by atoms with Gasteiger partial charge in [-0.2, -0.15) is 0 Å². The van der Waals surface area contributed by atoms with Gasteiger partial charge in [-0.25, -0.2) is 0 Å². The average Bonchev–Trinajstić information content (AvgIpc) is 2.42. The van der Waals surface area contributed by atoms with Gasteiger partial charge in [0.25, 0.3) is 0 Å². The Bertz CT molecular complexity index is 321. The van der Waals surface area contributed by atoms with Gasteiger partial charge in [-0.05, 0) is 25.0 Å². The van der Waals surface area contributed by atoms with Crippen molar-refractivity contribution in [2.45, 2.75) is 77.7 Å². The highest BCUT2D eigenvalue weighted by Crippen LogP contribution is 2.18. The third-order valence-corrected chi connectivity index (χ3v) is 3.61. The van der Waals surface area contributed by atoms with Gasteiger partial charge in [-0.3, -0.25) is 4.98 Å². The van der Waals surface area contributed by atoms with Crippen LogP contribution in [0.15, 0.2) is 18.3 Å². The molecule has 0 aliphatic rings. The second-order valence-corrected chi connectivity index (χ2v) is 5.54. The minimum atomic E-state index is -0.388. The number of aliphatic hydroxyl groups excluding tert-OH is 1. The zero-order valence-electron chi connectivity index (χ0n) is 12.6. The Morgan fingerprint density at radius 2 is 1.63 bits per heavy atom. The fourth-order valence-corrected chi connectivity index (χ4v) is 2.30. The van der Waals surface area contributed by atoms with E-state index in [1.807, 2.05) is 25.3 Å². The molecule has 0 aliphatic heterocycles. The Morgan fingerprint density at radius 3 is 2.21 bits per heavy atom. The standard InChI is InChI=1S/C17H29NO/c1-3-4-5-6-7-8-9-10-11-17(19)16-13-12-15(2)14-18-16/h12-14,17,19H,3-11H2,1-2H3. The molecule has 0 aliphatic carbocycles. The second-order valence-electron chi connectivity index (χ2n) is 5.54. The first kappa shape index (κ1) is 16.2. The summed E-state index contributed by atoms with van der Waals surface area (Å²) >= 11 is 0. The molecule has 0 bridgehead atoms. The molecule has 19 heavy (non-hydrogen) atoms. The van der Waals surface area contributed by atoms with Gasteiger partial charge >= 0.3 is 0 Å². The molecule has 1 unspecified atom stereocenters. The molecule has 2 nitrogen and oxygen atoms in total. The molecule has 2 heteroatoms. The first-order valence-corrected chi connectivity index (χ1v) is 7.84. The van der Waals surface area contributed by atoms with Crippen LogP contribution in [0.3, 0.4) is 0 Å². The third kappa shape index (κ3) is 7.31. The van der Waals surface area contributed by atoms with E-state index in [0.29, 0.717) is 0 Å². The summed E-state index contributed by atoms with van der Waals surface area (Å²) in [7, 11) is 0. The molecular weight excluding hydrogens is 234 g/mol. The van der Waals surface area contributed by atoms with Gasteiger partial charge in [0.05, 0.1) is 11.8 Å². The molecule has 0 fully saturated rings. The minimum Gasteiger partial charge on any atom is -0.387 e. The van der Waals surface area contributed by atoms with E-state index < -0.39 is 0 Å². The first-order chi connectivity index (χ1) is 9.24. The fraction of sp³-hybridized carbons (Fsp3) is 0.706. The van der Waals surface area contributed by atoms with E-state index in [-0.39, 0.29) is 6.10 Å². The number of aryl methyl sites for hydroxylation is 1. The minimum absolute atomic E-state index is 0.388. The quantitative estimate of drug-likeness (QED) is 0.606. The van der Waals surface area contributed by atoms with E-state index in [4.69, 9.17) is 0 Å². The summed E-state index contributed by atoms with van der Waals surface area (Å²) in [4.78, 5) is 4.28. The number of rotatable bonds is 10. The summed E-state index contributed by atoms with van der Waals surface area (Å²) in [6.45, 7) is 4.27. The monoisotopic (exact) mass is 263 g/mol. The largest absolute Gasteiger partial charge is 0.387 e. The van der Waals surface area contributed by atoms with Gasteiger partial charge in [0.2, 0.25) is 0 Å². The van der Waals surface area contributed by atoms with Crippen LogP contribution < -0.4 is 0 Å². The second kappa shape index (κ2) is 9.96. The number of pyridine rings is 1. The molecule has 1 heterocycles. The lowest BCUT2D eigenvalue weighted by Crippen LogP contribution is -2.00. The van der Waals surface area contributed by atoms with Gasteiger partial charge < -0.3 is 5.11 Å². The lowest BCUT2D eigenvalue weighted by atomic mass is 10.0. The van der Waals surface area contributed by atoms with Crippen LogP contribution in [0, 0.1) is 6.92 Å². The lowest BCUT2D eigenvalue weighted by Gasteiger charge is -2.10. The molecule has 0 saturated heterocycles. The molecule has 0 spiro atoms. The van der Waals surface area contributed by atoms with E-state index in [1.165, 1.54) is 44.9 Å². The van der Waals surface area contributed by atoms with Crippen LogP contribution in [0.5, 0.6) is 0 Å². The molecule has 0 radical (unpaired) electrons. The Hall–Kier alpha value is -0.890. The maximum absolute atomic E-state index is 10.0. The highest BCUT2D eigenvalue weighted by atomic mass is 16.3. The normalized spacial score (nSPS) is 12.6. The summed E-state index contributed by atoms with van der Waals surface area (Å²) in [5.74, 6) is 0. The fourth-order valence-electron chi connectivity index (χ4n) is 2.30. The Kier molecular flexibility index (Phi) is 8.48. The number of hydrogen-bond donors (Lipinski definition) is 1. The molecule has 0 saturated carbocycles. The van der Waals surface area contributed by atoms with Gasteiger partial charge in [0, 0.05) is 6.20 Å². The van der Waals surface area contributed by atoms with Crippen molar-refractivity contribution in [1.82, 2.24) is 4.98 Å². The van der Waals surface area contributed by atoms with Crippen LogP contribution in [0.2, 0.25) is 0 Å². The van der Waals surface area contributed by atoms with E-state index >= 15 is 0 Å². The van der Waals surface area contributed by atoms with Gasteiger partial charge in [-0.15, -0.1) is 0 Å². The van der Waals surface area contributed by atoms with Crippen LogP contribution in [0.1, 0.15) is 82.1 Å². The van der Waals surface area contributed by atoms with Crippen LogP contribution in [0.25, 0.3) is 0 Å². The van der Waals surface area contributed by atoms with E-state index in [2.05, 4.69) is 11.9 Å². The molecule has 1 aromatic heterocycles. The van der Waals surface area contributed by atoms with Crippen molar-refractivity contribution < 1.29 is 5.11 Å². The van der Waals surface area contributed by atoms with E-state index in [9.17, 15) is 5.11 Å². The SMILES string of the molecule is CCCCCCCCCCC(O)c1ccc(C)cn1.